The van der Waals surface area contributed by atoms with Gasteiger partial charge >= 0.3 is 10.8 Å². The number of thiophene rings is 1. The van der Waals surface area contributed by atoms with E-state index < -0.39 is 23.8 Å². The zero-order valence-corrected chi connectivity index (χ0v) is 20.5. The Morgan fingerprint density at radius 3 is 2.58 bits per heavy atom. The van der Waals surface area contributed by atoms with Gasteiger partial charge in [-0.2, -0.15) is 0 Å². The molecule has 2 aliphatic heterocycles. The van der Waals surface area contributed by atoms with Crippen molar-refractivity contribution < 1.29 is 19.5 Å². The molecule has 2 aliphatic carbocycles. The molecule has 2 aromatic heterocycles. The van der Waals surface area contributed by atoms with Gasteiger partial charge < -0.3 is 10.1 Å². The first-order valence-corrected chi connectivity index (χ1v) is 13.9. The minimum Gasteiger partial charge on any atom is -0.480 e. The van der Waals surface area contributed by atoms with Crippen molar-refractivity contribution in [2.75, 3.05) is 0 Å². The Morgan fingerprint density at radius 2 is 1.94 bits per heavy atom. The Hall–Kier alpha value is -1.91. The number of amides is 2. The van der Waals surface area contributed by atoms with Gasteiger partial charge in [0.2, 0.25) is 11.8 Å². The monoisotopic (exact) mass is 504 g/mol. The Labute approximate surface area is 202 Å². The van der Waals surface area contributed by atoms with Gasteiger partial charge in [0.25, 0.3) is 0 Å². The summed E-state index contributed by atoms with van der Waals surface area (Å²) >= 11 is 4.57. The van der Waals surface area contributed by atoms with Crippen LogP contribution < -0.4 is 4.87 Å². The van der Waals surface area contributed by atoms with Crippen molar-refractivity contribution in [2.45, 2.75) is 48.9 Å². The van der Waals surface area contributed by atoms with Gasteiger partial charge in [-0.1, -0.05) is 31.3 Å². The molecule has 0 aromatic carbocycles. The number of carbonyl (C=O) groups is 3. The Kier molecular flexibility index (Phi) is 4.94. The summed E-state index contributed by atoms with van der Waals surface area (Å²) in [6.45, 7) is 3.81. The molecule has 174 valence electrons. The number of nitrogens with zero attached hydrogens (tertiary/aromatic N) is 1. The van der Waals surface area contributed by atoms with Gasteiger partial charge in [0.1, 0.15) is 6.04 Å². The summed E-state index contributed by atoms with van der Waals surface area (Å²) in [6, 6.07) is 3.00. The van der Waals surface area contributed by atoms with Gasteiger partial charge in [-0.3, -0.25) is 19.3 Å². The molecule has 4 aliphatic rings. The molecule has 2 bridgehead atoms. The smallest absolute Gasteiger partial charge is 0.326 e. The molecule has 33 heavy (non-hydrogen) atoms. The average Bonchev–Trinajstić information content (AvgIpc) is 3.54. The molecule has 0 radical (unpaired) electrons. The van der Waals surface area contributed by atoms with Gasteiger partial charge in [0.05, 0.1) is 16.9 Å². The van der Waals surface area contributed by atoms with E-state index in [0.29, 0.717) is 0 Å². The number of carbonyl (C=O) groups excluding carboxylic acids is 2. The van der Waals surface area contributed by atoms with Gasteiger partial charge in [-0.15, -0.1) is 23.1 Å². The number of carboxylic acids is 1. The number of likely N-dealkylation sites (tertiary alicyclic amines) is 1. The molecule has 2 aromatic rings. The van der Waals surface area contributed by atoms with Crippen LogP contribution in [-0.4, -0.2) is 44.1 Å². The lowest BCUT2D eigenvalue weighted by atomic mass is 9.69. The number of aromatic nitrogens is 1. The zero-order valence-electron chi connectivity index (χ0n) is 18.1. The van der Waals surface area contributed by atoms with Crippen LogP contribution in [0.25, 0.3) is 0 Å². The summed E-state index contributed by atoms with van der Waals surface area (Å²) < 4.78 is 0. The van der Waals surface area contributed by atoms with Crippen molar-refractivity contribution in [3.05, 3.63) is 36.9 Å². The highest BCUT2D eigenvalue weighted by Crippen LogP contribution is 2.68. The van der Waals surface area contributed by atoms with E-state index in [9.17, 15) is 24.3 Å². The fourth-order valence-electron chi connectivity index (χ4n) is 6.90. The molecule has 10 heteroatoms. The van der Waals surface area contributed by atoms with E-state index in [2.05, 4.69) is 11.1 Å². The molecule has 4 heterocycles. The quantitative estimate of drug-likeness (QED) is 0.604. The van der Waals surface area contributed by atoms with E-state index in [-0.39, 0.29) is 57.9 Å². The number of carboxylic acid groups (broad SMARTS) is 1. The summed E-state index contributed by atoms with van der Waals surface area (Å²) in [4.78, 5) is 57.6. The number of aliphatic carboxylic acids is 1. The van der Waals surface area contributed by atoms with Crippen molar-refractivity contribution >= 4 is 52.2 Å². The van der Waals surface area contributed by atoms with Gasteiger partial charge in [-0.25, -0.2) is 4.79 Å². The lowest BCUT2D eigenvalue weighted by molar-refractivity contribution is -0.156. The number of hydrogen-bond acceptors (Lipinski definition) is 7. The van der Waals surface area contributed by atoms with Gasteiger partial charge in [0.15, 0.2) is 0 Å². The predicted molar refractivity (Wildman–Crippen MR) is 126 cm³/mol. The van der Waals surface area contributed by atoms with Gasteiger partial charge in [0, 0.05) is 20.9 Å². The molecular weight excluding hydrogens is 480 g/mol. The highest BCUT2D eigenvalue weighted by molar-refractivity contribution is 8.00. The van der Waals surface area contributed by atoms with E-state index in [0.717, 1.165) is 21.2 Å². The van der Waals surface area contributed by atoms with Crippen molar-refractivity contribution in [2.24, 2.45) is 35.5 Å². The van der Waals surface area contributed by atoms with E-state index in [1.165, 1.54) is 16.2 Å². The van der Waals surface area contributed by atoms with E-state index in [1.807, 2.05) is 25.3 Å². The molecule has 2 amide bonds. The van der Waals surface area contributed by atoms with Crippen LogP contribution >= 0.6 is 34.4 Å². The third kappa shape index (κ3) is 2.99. The molecule has 8 atom stereocenters. The number of thiazole rings is 1. The first kappa shape index (κ1) is 21.6. The van der Waals surface area contributed by atoms with Crippen LogP contribution in [0.2, 0.25) is 0 Å². The number of rotatable bonds is 5. The molecule has 3 fully saturated rings. The van der Waals surface area contributed by atoms with Crippen LogP contribution in [0.3, 0.4) is 0 Å². The lowest BCUT2D eigenvalue weighted by Gasteiger charge is -2.42. The van der Waals surface area contributed by atoms with Crippen LogP contribution in [0.4, 0.5) is 0 Å². The fraction of sp³-hybridized carbons (Fsp3) is 0.565. The minimum atomic E-state index is -1.11. The second-order valence-electron chi connectivity index (χ2n) is 10.0. The van der Waals surface area contributed by atoms with Crippen LogP contribution in [-0.2, 0) is 14.4 Å². The molecule has 1 saturated heterocycles. The maximum absolute atomic E-state index is 13.6. The average molecular weight is 505 g/mol. The van der Waals surface area contributed by atoms with Crippen LogP contribution in [0, 0.1) is 35.5 Å². The number of H-pyrrole nitrogens is 1. The normalized spacial score (nSPS) is 35.1. The Morgan fingerprint density at radius 1 is 1.21 bits per heavy atom. The largest absolute Gasteiger partial charge is 0.480 e. The number of fused-ring (bicyclic) bond motifs is 9. The van der Waals surface area contributed by atoms with Crippen LogP contribution in [0.5, 0.6) is 0 Å². The second kappa shape index (κ2) is 7.55. The minimum absolute atomic E-state index is 0.0176. The molecule has 0 unspecified atom stereocenters. The standard InChI is InChI=1S/C23H24N2O5S3/c1-8(2)6-11(22(28)29)25-20(26)14-9-7-10(15(14)21(25)27)17-13(9)16(12-4-3-5-31-12)18-19(32-17)24-23(30)33-18/h3-5,8-11,13-17H,6-7H2,1-2H3,(H,24,30)(H,28,29)/t9-,10-,11-,13-,14+,15-,16-,17-/m1/s1. The van der Waals surface area contributed by atoms with Crippen LogP contribution in [0.15, 0.2) is 27.3 Å². The molecule has 2 saturated carbocycles. The SMILES string of the molecule is CC(C)C[C@H](C(=O)O)N1C(=O)[C@@H]2[C@H]3C[C@@H]([C@@H]2C1=O)[C@@H]1[C@@H](c2cccs2)c2sc(=O)[nH]c2S[C@H]31. The Balaban J connectivity index is 1.41. The van der Waals surface area contributed by atoms with Gasteiger partial charge in [-0.05, 0) is 48.0 Å². The molecule has 6 rings (SSSR count). The number of nitrogens with one attached hydrogen (secondary N) is 1. The van der Waals surface area contributed by atoms with E-state index >= 15 is 0 Å². The van der Waals surface area contributed by atoms with Crippen molar-refractivity contribution in [1.29, 1.82) is 0 Å². The van der Waals surface area contributed by atoms with E-state index in [4.69, 9.17) is 0 Å². The number of hydrogen-bond donors (Lipinski definition) is 2. The van der Waals surface area contributed by atoms with E-state index in [1.54, 1.807) is 23.1 Å². The zero-order chi connectivity index (χ0) is 23.2. The van der Waals surface area contributed by atoms with Crippen molar-refractivity contribution in [3.8, 4) is 0 Å². The summed E-state index contributed by atoms with van der Waals surface area (Å²) in [5.41, 5.74) is 0. The third-order valence-electron chi connectivity index (χ3n) is 7.90. The summed E-state index contributed by atoms with van der Waals surface area (Å²) in [5.74, 6) is -2.32. The molecular formula is C23H24N2O5S3. The first-order chi connectivity index (χ1) is 15.8. The summed E-state index contributed by atoms with van der Waals surface area (Å²) in [7, 11) is 0. The predicted octanol–water partition coefficient (Wildman–Crippen LogP) is 3.47. The molecule has 2 N–H and O–H groups in total. The maximum Gasteiger partial charge on any atom is 0.326 e. The number of aromatic amines is 1. The summed E-state index contributed by atoms with van der Waals surface area (Å²) in [6.07, 6.45) is 1.07. The highest BCUT2D eigenvalue weighted by Gasteiger charge is 2.70. The summed E-state index contributed by atoms with van der Waals surface area (Å²) in [5, 5.41) is 12.9. The van der Waals surface area contributed by atoms with Crippen LogP contribution in [0.1, 0.15) is 42.4 Å². The Bertz CT molecular complexity index is 1200. The molecule has 0 spiro atoms. The fourth-order valence-corrected chi connectivity index (χ4v) is 10.7. The van der Waals surface area contributed by atoms with Crippen molar-refractivity contribution in [3.63, 3.8) is 0 Å². The van der Waals surface area contributed by atoms with Crippen molar-refractivity contribution in [1.82, 2.24) is 9.88 Å². The second-order valence-corrected chi connectivity index (χ2v) is 13.2. The number of imide groups is 1. The topological polar surface area (TPSA) is 108 Å². The molecule has 7 nitrogen and oxygen atoms in total. The number of thioether (sulfide) groups is 1. The third-order valence-corrected chi connectivity index (χ3v) is 11.4. The lowest BCUT2D eigenvalue weighted by Crippen LogP contribution is -2.47. The highest BCUT2D eigenvalue weighted by atomic mass is 32.2. The maximum atomic E-state index is 13.6. The first-order valence-electron chi connectivity index (χ1n) is 11.3.